The zero-order chi connectivity index (χ0) is 15.8. The number of hydrogen-bond donors (Lipinski definition) is 1. The summed E-state index contributed by atoms with van der Waals surface area (Å²) in [5, 5.41) is 3.09. The van der Waals surface area contributed by atoms with Gasteiger partial charge in [-0.2, -0.15) is 13.2 Å². The molecule has 0 amide bonds. The molecule has 0 aliphatic carbocycles. The van der Waals surface area contributed by atoms with Gasteiger partial charge in [0.25, 0.3) is 0 Å². The number of carbonyl (C=O) groups excluding carboxylic acids is 1. The zero-order valence-corrected chi connectivity index (χ0v) is 12.5. The van der Waals surface area contributed by atoms with Crippen molar-refractivity contribution in [2.45, 2.75) is 57.8 Å². The smallest absolute Gasteiger partial charge is 0.389 e. The second kappa shape index (κ2) is 8.46. The minimum absolute atomic E-state index is 0.0262. The van der Waals surface area contributed by atoms with Crippen molar-refractivity contribution in [2.75, 3.05) is 20.3 Å². The van der Waals surface area contributed by atoms with E-state index in [1.807, 2.05) is 13.8 Å². The summed E-state index contributed by atoms with van der Waals surface area (Å²) in [5.74, 6) is -0.412. The molecule has 0 aromatic heterocycles. The highest BCUT2D eigenvalue weighted by atomic mass is 19.4. The van der Waals surface area contributed by atoms with Gasteiger partial charge in [0.2, 0.25) is 0 Å². The van der Waals surface area contributed by atoms with Gasteiger partial charge >= 0.3 is 12.1 Å². The summed E-state index contributed by atoms with van der Waals surface area (Å²) < 4.78 is 45.7. The van der Waals surface area contributed by atoms with Gasteiger partial charge in [0, 0.05) is 25.7 Å². The third-order valence-electron chi connectivity index (χ3n) is 2.74. The van der Waals surface area contributed by atoms with E-state index in [2.05, 4.69) is 5.32 Å². The summed E-state index contributed by atoms with van der Waals surface area (Å²) >= 11 is 0. The highest BCUT2D eigenvalue weighted by molar-refractivity contribution is 5.80. The van der Waals surface area contributed by atoms with E-state index in [1.54, 1.807) is 6.92 Å². The van der Waals surface area contributed by atoms with Gasteiger partial charge in [0.05, 0.1) is 7.11 Å². The number of hydrogen-bond acceptors (Lipinski definition) is 4. The lowest BCUT2D eigenvalue weighted by Crippen LogP contribution is -2.53. The number of halogens is 3. The molecule has 0 fully saturated rings. The molecule has 0 heterocycles. The van der Waals surface area contributed by atoms with Crippen molar-refractivity contribution in [3.8, 4) is 0 Å². The van der Waals surface area contributed by atoms with Crippen LogP contribution in [-0.4, -0.2) is 44.0 Å². The molecule has 0 saturated carbocycles. The number of carbonyl (C=O) groups is 1. The first-order valence-corrected chi connectivity index (χ1v) is 6.61. The Balaban J connectivity index is 4.06. The first-order chi connectivity index (χ1) is 9.10. The van der Waals surface area contributed by atoms with Crippen LogP contribution in [0.3, 0.4) is 0 Å². The van der Waals surface area contributed by atoms with E-state index in [4.69, 9.17) is 9.47 Å². The normalized spacial score (nSPS) is 15.2. The second-order valence-electron chi connectivity index (χ2n) is 5.20. The first kappa shape index (κ1) is 19.2. The summed E-state index contributed by atoms with van der Waals surface area (Å²) in [4.78, 5) is 11.7. The van der Waals surface area contributed by atoms with Crippen LogP contribution >= 0.6 is 0 Å². The van der Waals surface area contributed by atoms with Gasteiger partial charge in [-0.25, -0.2) is 0 Å². The lowest BCUT2D eigenvalue weighted by atomic mass is 9.97. The molecule has 0 saturated heterocycles. The number of nitrogens with one attached hydrogen (secondary N) is 1. The Kier molecular flexibility index (Phi) is 8.12. The molecule has 7 heteroatoms. The van der Waals surface area contributed by atoms with E-state index in [9.17, 15) is 18.0 Å². The van der Waals surface area contributed by atoms with Crippen LogP contribution in [0.2, 0.25) is 0 Å². The highest BCUT2D eigenvalue weighted by Gasteiger charge is 2.34. The lowest BCUT2D eigenvalue weighted by Gasteiger charge is -2.30. The molecule has 0 aromatic carbocycles. The Morgan fingerprint density at radius 1 is 1.20 bits per heavy atom. The van der Waals surface area contributed by atoms with E-state index in [0.29, 0.717) is 6.42 Å². The first-order valence-electron chi connectivity index (χ1n) is 6.61. The molecule has 120 valence electrons. The third kappa shape index (κ3) is 8.37. The van der Waals surface area contributed by atoms with E-state index in [1.165, 1.54) is 7.11 Å². The summed E-state index contributed by atoms with van der Waals surface area (Å²) in [5.41, 5.74) is -0.896. The number of alkyl halides is 3. The van der Waals surface area contributed by atoms with Crippen molar-refractivity contribution in [1.29, 1.82) is 0 Å². The second-order valence-corrected chi connectivity index (χ2v) is 5.20. The molecule has 0 spiro atoms. The Bertz CT molecular complexity index is 295. The van der Waals surface area contributed by atoms with E-state index >= 15 is 0 Å². The third-order valence-corrected chi connectivity index (χ3v) is 2.74. The maximum Gasteiger partial charge on any atom is 0.389 e. The Labute approximate surface area is 118 Å². The van der Waals surface area contributed by atoms with Crippen LogP contribution in [-0.2, 0) is 14.3 Å². The molecule has 0 aliphatic heterocycles. The summed E-state index contributed by atoms with van der Waals surface area (Å²) in [7, 11) is 1.30. The molecule has 20 heavy (non-hydrogen) atoms. The van der Waals surface area contributed by atoms with Crippen LogP contribution in [0.5, 0.6) is 0 Å². The monoisotopic (exact) mass is 299 g/mol. The van der Waals surface area contributed by atoms with E-state index in [-0.39, 0.29) is 25.7 Å². The maximum atomic E-state index is 11.9. The van der Waals surface area contributed by atoms with Gasteiger partial charge in [-0.05, 0) is 33.6 Å². The minimum Gasteiger partial charge on any atom is -0.468 e. The van der Waals surface area contributed by atoms with Crippen LogP contribution < -0.4 is 5.32 Å². The molecule has 0 aliphatic rings. The molecule has 0 aromatic rings. The molecular weight excluding hydrogens is 275 g/mol. The van der Waals surface area contributed by atoms with Crippen LogP contribution in [0.15, 0.2) is 0 Å². The van der Waals surface area contributed by atoms with Crippen LogP contribution in [0.1, 0.15) is 40.0 Å². The standard InChI is InChI=1S/C13H24F3NO3/c1-10(2)17-12(3,11(18)19-4)7-9-20-8-5-6-13(14,15)16/h10,17H,5-9H2,1-4H3. The van der Waals surface area contributed by atoms with Crippen molar-refractivity contribution in [3.63, 3.8) is 0 Å². The number of methoxy groups -OCH3 is 1. The van der Waals surface area contributed by atoms with Crippen LogP contribution in [0.25, 0.3) is 0 Å². The molecular formula is C13H24F3NO3. The Morgan fingerprint density at radius 2 is 1.80 bits per heavy atom. The average molecular weight is 299 g/mol. The molecule has 1 N–H and O–H groups in total. The summed E-state index contributed by atoms with van der Waals surface area (Å²) in [6.07, 6.45) is -4.74. The van der Waals surface area contributed by atoms with Gasteiger partial charge in [-0.3, -0.25) is 10.1 Å². The van der Waals surface area contributed by atoms with E-state index < -0.39 is 24.1 Å². The van der Waals surface area contributed by atoms with Gasteiger partial charge < -0.3 is 9.47 Å². The number of esters is 1. The molecule has 1 atom stereocenters. The quantitative estimate of drug-likeness (QED) is 0.525. The largest absolute Gasteiger partial charge is 0.468 e. The van der Waals surface area contributed by atoms with Gasteiger partial charge in [-0.1, -0.05) is 0 Å². The molecule has 0 radical (unpaired) electrons. The fraction of sp³-hybridized carbons (Fsp3) is 0.923. The topological polar surface area (TPSA) is 47.6 Å². The number of rotatable bonds is 9. The van der Waals surface area contributed by atoms with Crippen molar-refractivity contribution in [3.05, 3.63) is 0 Å². The van der Waals surface area contributed by atoms with Crippen molar-refractivity contribution in [2.24, 2.45) is 0 Å². The maximum absolute atomic E-state index is 11.9. The molecule has 1 unspecified atom stereocenters. The van der Waals surface area contributed by atoms with Gasteiger partial charge in [-0.15, -0.1) is 0 Å². The average Bonchev–Trinajstić information content (AvgIpc) is 2.30. The SMILES string of the molecule is COC(=O)C(C)(CCOCCCC(F)(F)F)NC(C)C. The van der Waals surface area contributed by atoms with Crippen LogP contribution in [0.4, 0.5) is 13.2 Å². The van der Waals surface area contributed by atoms with Crippen molar-refractivity contribution >= 4 is 5.97 Å². The molecule has 0 bridgehead atoms. The Hall–Kier alpha value is -0.820. The van der Waals surface area contributed by atoms with E-state index in [0.717, 1.165) is 0 Å². The minimum atomic E-state index is -4.15. The van der Waals surface area contributed by atoms with Crippen molar-refractivity contribution < 1.29 is 27.4 Å². The zero-order valence-electron chi connectivity index (χ0n) is 12.5. The predicted molar refractivity (Wildman–Crippen MR) is 69.4 cm³/mol. The van der Waals surface area contributed by atoms with Gasteiger partial charge in [0.15, 0.2) is 0 Å². The molecule has 0 rings (SSSR count). The summed E-state index contributed by atoms with van der Waals surface area (Å²) in [6, 6.07) is 0.0735. The van der Waals surface area contributed by atoms with Gasteiger partial charge in [0.1, 0.15) is 5.54 Å². The lowest BCUT2D eigenvalue weighted by molar-refractivity contribution is -0.149. The fourth-order valence-electron chi connectivity index (χ4n) is 1.85. The summed E-state index contributed by atoms with van der Waals surface area (Å²) in [6.45, 7) is 5.70. The number of ether oxygens (including phenoxy) is 2. The van der Waals surface area contributed by atoms with Crippen molar-refractivity contribution in [1.82, 2.24) is 5.32 Å². The van der Waals surface area contributed by atoms with Crippen LogP contribution in [0, 0.1) is 0 Å². The Morgan fingerprint density at radius 3 is 2.25 bits per heavy atom. The molecule has 4 nitrogen and oxygen atoms in total. The predicted octanol–water partition coefficient (Wildman–Crippen LogP) is 2.67. The highest BCUT2D eigenvalue weighted by Crippen LogP contribution is 2.21. The fourth-order valence-corrected chi connectivity index (χ4v) is 1.85.